The van der Waals surface area contributed by atoms with Crippen molar-refractivity contribution in [1.82, 2.24) is 42.5 Å². The number of fused-ring (bicyclic) bond motifs is 20. The number of benzene rings is 8. The molecule has 5 saturated heterocycles. The SMILES string of the molecule is C1CCC2C3NC(NC4NC(NC5NC(NC6NC(N3)C3CCCCC63)C3CCCCC53)C3CCCCC43)C2C1.CC(C)(c1ccccc1)c1ccccc1O.CC(C)(c1ccccc1)c1ccccc1O.CC(C)(c1ccccc1)c1ccccc1O.CC(C)(c1ccccc1)c1ccccc1O.[Pd]. The van der Waals surface area contributed by atoms with Crippen molar-refractivity contribution in [3.8, 4) is 23.0 Å². The van der Waals surface area contributed by atoms with Gasteiger partial charge < -0.3 is 20.4 Å². The molecule has 17 rings (SSSR count). The Bertz CT molecular complexity index is 3430. The normalized spacial score (nSPS) is 28.9. The summed E-state index contributed by atoms with van der Waals surface area (Å²) in [5, 5.41) is 73.4. The second kappa shape index (κ2) is 34.7. The van der Waals surface area contributed by atoms with E-state index in [1.807, 2.05) is 146 Å². The van der Waals surface area contributed by atoms with E-state index in [-0.39, 0.29) is 42.1 Å². The molecule has 0 spiro atoms. The summed E-state index contributed by atoms with van der Waals surface area (Å²) < 4.78 is 0. The van der Waals surface area contributed by atoms with Crippen LogP contribution in [0.4, 0.5) is 0 Å². The first kappa shape index (κ1) is 77.9. The minimum Gasteiger partial charge on any atom is -0.508 e. The maximum atomic E-state index is 9.91. The molecule has 8 bridgehead atoms. The zero-order chi connectivity index (χ0) is 72.6. The van der Waals surface area contributed by atoms with E-state index in [9.17, 15) is 20.4 Å². The molecule has 8 aromatic carbocycles. The van der Waals surface area contributed by atoms with E-state index in [0.29, 0.717) is 72.3 Å². The number of rotatable bonds is 8. The Morgan fingerprint density at radius 1 is 0.210 bits per heavy atom. The molecule has 8 atom stereocenters. The van der Waals surface area contributed by atoms with Crippen molar-refractivity contribution < 1.29 is 40.8 Å². The van der Waals surface area contributed by atoms with E-state index in [4.69, 9.17) is 0 Å². The van der Waals surface area contributed by atoms with Gasteiger partial charge in [-0.15, -0.1) is 0 Å². The van der Waals surface area contributed by atoms with Gasteiger partial charge >= 0.3 is 0 Å². The molecular weight excluding hydrogens is 1390 g/mol. The summed E-state index contributed by atoms with van der Waals surface area (Å²) in [6.07, 6.45) is 25.6. The number of para-hydroxylation sites is 4. The molecule has 13 heteroatoms. The monoisotopic (exact) mass is 1510 g/mol. The van der Waals surface area contributed by atoms with E-state index in [2.05, 4.69) is 146 Å². The van der Waals surface area contributed by atoms with Crippen LogP contribution in [0.5, 0.6) is 23.0 Å². The van der Waals surface area contributed by atoms with Gasteiger partial charge in [0.05, 0.1) is 49.3 Å². The molecule has 0 aromatic heterocycles. The zero-order valence-corrected chi connectivity index (χ0v) is 65.0. The summed E-state index contributed by atoms with van der Waals surface area (Å²) in [5.41, 5.74) is 7.96. The summed E-state index contributed by atoms with van der Waals surface area (Å²) in [5.74, 6) is 7.40. The Balaban J connectivity index is 0.000000134. The molecule has 8 aromatic rings. The molecule has 5 aliphatic heterocycles. The minimum atomic E-state index is -0.174. The fraction of sp³-hybridized carbons (Fsp3) is 0.478. The zero-order valence-electron chi connectivity index (χ0n) is 63.4. The Labute approximate surface area is 641 Å². The van der Waals surface area contributed by atoms with Crippen LogP contribution in [-0.4, -0.2) is 69.8 Å². The van der Waals surface area contributed by atoms with Gasteiger partial charge in [-0.25, -0.2) is 0 Å². The number of hydrogen-bond acceptors (Lipinski definition) is 12. The molecule has 12 nitrogen and oxygen atoms in total. The van der Waals surface area contributed by atoms with Crippen LogP contribution >= 0.6 is 0 Å². The van der Waals surface area contributed by atoms with Gasteiger partial charge in [-0.1, -0.05) is 301 Å². The topological polar surface area (TPSA) is 177 Å². The fourth-order valence-corrected chi connectivity index (χ4v) is 20.0. The van der Waals surface area contributed by atoms with Gasteiger partial charge in [-0.05, 0) is 145 Å². The average Bonchev–Trinajstić information content (AvgIpc) is 1.63. The average molecular weight is 1510 g/mol. The summed E-state index contributed by atoms with van der Waals surface area (Å²) >= 11 is 0. The number of phenols is 4. The molecule has 4 aliphatic carbocycles. The van der Waals surface area contributed by atoms with Crippen LogP contribution in [0.3, 0.4) is 0 Å². The second-order valence-electron chi connectivity index (χ2n) is 33.6. The third kappa shape index (κ3) is 17.4. The first-order valence-electron chi connectivity index (χ1n) is 39.7. The van der Waals surface area contributed by atoms with Crippen molar-refractivity contribution in [2.75, 3.05) is 0 Å². The molecule has 9 aliphatic rings. The third-order valence-corrected chi connectivity index (χ3v) is 26.1. The van der Waals surface area contributed by atoms with Gasteiger partial charge in [-0.2, -0.15) is 0 Å². The van der Waals surface area contributed by atoms with Gasteiger partial charge in [0.15, 0.2) is 0 Å². The second-order valence-corrected chi connectivity index (χ2v) is 33.6. The predicted octanol–water partition coefficient (Wildman–Crippen LogP) is 17.5. The van der Waals surface area contributed by atoms with Crippen LogP contribution in [0.25, 0.3) is 0 Å². The van der Waals surface area contributed by atoms with E-state index >= 15 is 0 Å². The van der Waals surface area contributed by atoms with Crippen molar-refractivity contribution in [2.45, 2.75) is 229 Å². The van der Waals surface area contributed by atoms with Crippen molar-refractivity contribution >= 4 is 0 Å². The van der Waals surface area contributed by atoms with E-state index in [1.54, 1.807) is 24.3 Å². The minimum absolute atomic E-state index is 0. The number of nitrogens with one attached hydrogen (secondary N) is 8. The predicted molar refractivity (Wildman–Crippen MR) is 424 cm³/mol. The molecule has 5 heterocycles. The molecule has 4 saturated carbocycles. The summed E-state index contributed by atoms with van der Waals surface area (Å²) in [6, 6.07) is 71.0. The van der Waals surface area contributed by atoms with E-state index in [0.717, 1.165) is 69.6 Å². The first-order chi connectivity index (χ1) is 50.3. The maximum absolute atomic E-state index is 9.91. The van der Waals surface area contributed by atoms with E-state index in [1.165, 1.54) is 125 Å². The first-order valence-corrected chi connectivity index (χ1v) is 39.7. The van der Waals surface area contributed by atoms with Crippen LogP contribution in [-0.2, 0) is 42.1 Å². The number of phenolic OH excluding ortho intramolecular Hbond substituents is 4. The molecule has 0 amide bonds. The van der Waals surface area contributed by atoms with Gasteiger partial charge in [0.25, 0.3) is 0 Å². The Hall–Kier alpha value is -6.70. The molecule has 105 heavy (non-hydrogen) atoms. The van der Waals surface area contributed by atoms with Crippen LogP contribution in [0.2, 0.25) is 0 Å². The van der Waals surface area contributed by atoms with Crippen molar-refractivity contribution in [3.63, 3.8) is 0 Å². The fourth-order valence-electron chi connectivity index (χ4n) is 20.0. The standard InChI is InChI=1S/C32H56N8.4C15H16O.Pd/c1-2-10-18-17(9-1)25-33-26(18)38-28-21-13-5-6-14-22(21)30(35-28)40-32-24-16-8-7-15-23(24)31(36-32)39-29-20-12-4-3-11-19(20)27(34-29)37-25;4*1-15(2,12-8-4-3-5-9-12)13-10-6-7-11-14(13)16;/h17-40H,1-16H2;4*3-11,16H,1-2H3;. The van der Waals surface area contributed by atoms with Crippen LogP contribution in [0.15, 0.2) is 218 Å². The van der Waals surface area contributed by atoms with E-state index < -0.39 is 0 Å². The number of hydrogen-bond donors (Lipinski definition) is 12. The van der Waals surface area contributed by atoms with Crippen LogP contribution in [0, 0.1) is 47.3 Å². The smallest absolute Gasteiger partial charge is 0.119 e. The number of aromatic hydroxyl groups is 4. The third-order valence-electron chi connectivity index (χ3n) is 26.1. The van der Waals surface area contributed by atoms with Crippen molar-refractivity contribution in [2.24, 2.45) is 47.3 Å². The largest absolute Gasteiger partial charge is 0.508 e. The van der Waals surface area contributed by atoms with Gasteiger partial charge in [0.1, 0.15) is 23.0 Å². The molecule has 12 N–H and O–H groups in total. The maximum Gasteiger partial charge on any atom is 0.119 e. The Morgan fingerprint density at radius 3 is 0.486 bits per heavy atom. The molecular formula is C92H120N8O4Pd. The molecule has 8 unspecified atom stereocenters. The molecule has 562 valence electrons. The van der Waals surface area contributed by atoms with Gasteiger partial charge in [-0.3, -0.25) is 42.5 Å². The summed E-state index contributed by atoms with van der Waals surface area (Å²) in [7, 11) is 0. The van der Waals surface area contributed by atoms with Gasteiger partial charge in [0.2, 0.25) is 0 Å². The Morgan fingerprint density at radius 2 is 0.343 bits per heavy atom. The van der Waals surface area contributed by atoms with Crippen molar-refractivity contribution in [3.05, 3.63) is 263 Å². The van der Waals surface area contributed by atoms with Crippen LogP contribution in [0.1, 0.15) is 203 Å². The summed E-state index contributed by atoms with van der Waals surface area (Å²) in [4.78, 5) is 0. The Kier molecular flexibility index (Phi) is 25.7. The molecule has 9 fully saturated rings. The van der Waals surface area contributed by atoms with Crippen LogP contribution < -0.4 is 42.5 Å². The molecule has 0 radical (unpaired) electrons. The van der Waals surface area contributed by atoms with Crippen molar-refractivity contribution in [1.29, 1.82) is 0 Å². The quantitative estimate of drug-likeness (QED) is 0.0650. The van der Waals surface area contributed by atoms with Gasteiger partial charge in [0, 0.05) is 64.3 Å². The summed E-state index contributed by atoms with van der Waals surface area (Å²) in [6.45, 7) is 17.0.